The van der Waals surface area contributed by atoms with E-state index in [9.17, 15) is 13.6 Å². The second kappa shape index (κ2) is 6.02. The van der Waals surface area contributed by atoms with Crippen LogP contribution >= 0.6 is 0 Å². The fourth-order valence-corrected chi connectivity index (χ4v) is 1.75. The lowest BCUT2D eigenvalue weighted by Gasteiger charge is -2.09. The molecular formula is C12H8F2N4O3. The van der Waals surface area contributed by atoms with E-state index in [4.69, 9.17) is 5.53 Å². The SMILES string of the molecule is COC(=O)c1cnc2ccc(OC(F)F)cc2c1N=[N+]=[N-]. The summed E-state index contributed by atoms with van der Waals surface area (Å²) >= 11 is 0. The Labute approximate surface area is 116 Å². The molecule has 1 aromatic heterocycles. The number of esters is 1. The normalized spacial score (nSPS) is 10.3. The first kappa shape index (κ1) is 14.5. The number of methoxy groups -OCH3 is 1. The van der Waals surface area contributed by atoms with Crippen LogP contribution in [0.1, 0.15) is 10.4 Å². The Balaban J connectivity index is 2.70. The number of halogens is 2. The summed E-state index contributed by atoms with van der Waals surface area (Å²) in [6.07, 6.45) is 1.19. The summed E-state index contributed by atoms with van der Waals surface area (Å²) in [4.78, 5) is 18.2. The molecule has 0 saturated carbocycles. The van der Waals surface area contributed by atoms with Crippen LogP contribution in [0.25, 0.3) is 21.3 Å². The third-order valence-electron chi connectivity index (χ3n) is 2.59. The number of benzene rings is 1. The Morgan fingerprint density at radius 2 is 2.24 bits per heavy atom. The maximum absolute atomic E-state index is 12.2. The molecule has 1 heterocycles. The van der Waals surface area contributed by atoms with E-state index in [0.717, 1.165) is 7.11 Å². The zero-order valence-corrected chi connectivity index (χ0v) is 10.7. The topological polar surface area (TPSA) is 97.2 Å². The lowest BCUT2D eigenvalue weighted by Crippen LogP contribution is -2.04. The van der Waals surface area contributed by atoms with Gasteiger partial charge in [-0.25, -0.2) is 4.79 Å². The number of carbonyl (C=O) groups is 1. The van der Waals surface area contributed by atoms with Gasteiger partial charge in [-0.3, -0.25) is 4.98 Å². The van der Waals surface area contributed by atoms with E-state index in [0.29, 0.717) is 5.52 Å². The van der Waals surface area contributed by atoms with E-state index in [2.05, 4.69) is 24.5 Å². The summed E-state index contributed by atoms with van der Waals surface area (Å²) in [7, 11) is 1.16. The Hall–Kier alpha value is -2.93. The number of alkyl halides is 2. The van der Waals surface area contributed by atoms with Gasteiger partial charge in [0.25, 0.3) is 0 Å². The third-order valence-corrected chi connectivity index (χ3v) is 2.59. The van der Waals surface area contributed by atoms with Gasteiger partial charge in [0.05, 0.1) is 23.9 Å². The molecule has 21 heavy (non-hydrogen) atoms. The van der Waals surface area contributed by atoms with Crippen LogP contribution in [0.5, 0.6) is 5.75 Å². The van der Waals surface area contributed by atoms with Crippen molar-refractivity contribution >= 4 is 22.6 Å². The van der Waals surface area contributed by atoms with Crippen molar-refractivity contribution in [2.45, 2.75) is 6.61 Å². The molecule has 0 spiro atoms. The average Bonchev–Trinajstić information content (AvgIpc) is 2.46. The summed E-state index contributed by atoms with van der Waals surface area (Å²) in [5.74, 6) is -0.900. The van der Waals surface area contributed by atoms with E-state index in [1.807, 2.05) is 0 Å². The molecule has 7 nitrogen and oxygen atoms in total. The van der Waals surface area contributed by atoms with Gasteiger partial charge in [0.2, 0.25) is 0 Å². The number of rotatable bonds is 4. The number of nitrogens with zero attached hydrogens (tertiary/aromatic N) is 4. The molecule has 0 unspecified atom stereocenters. The number of fused-ring (bicyclic) bond motifs is 1. The van der Waals surface area contributed by atoms with Crippen LogP contribution in [0.2, 0.25) is 0 Å². The molecule has 0 aliphatic rings. The summed E-state index contributed by atoms with van der Waals surface area (Å²) in [6.45, 7) is -3.00. The molecule has 0 N–H and O–H groups in total. The minimum Gasteiger partial charge on any atom is -0.465 e. The Bertz CT molecular complexity index is 745. The van der Waals surface area contributed by atoms with Crippen molar-refractivity contribution in [3.05, 3.63) is 40.4 Å². The summed E-state index contributed by atoms with van der Waals surface area (Å²) < 4.78 is 33.3. The van der Waals surface area contributed by atoms with Crippen molar-refractivity contribution in [1.29, 1.82) is 0 Å². The largest absolute Gasteiger partial charge is 0.465 e. The van der Waals surface area contributed by atoms with Crippen LogP contribution in [0.4, 0.5) is 14.5 Å². The third kappa shape index (κ3) is 2.98. The lowest BCUT2D eigenvalue weighted by molar-refractivity contribution is -0.0497. The van der Waals surface area contributed by atoms with Gasteiger partial charge >= 0.3 is 12.6 Å². The molecule has 0 atom stereocenters. The van der Waals surface area contributed by atoms with Crippen LogP contribution in [-0.2, 0) is 4.74 Å². The average molecular weight is 294 g/mol. The fraction of sp³-hybridized carbons (Fsp3) is 0.167. The maximum atomic E-state index is 12.2. The quantitative estimate of drug-likeness (QED) is 0.372. The molecule has 0 amide bonds. The molecule has 0 radical (unpaired) electrons. The molecule has 108 valence electrons. The number of pyridine rings is 1. The van der Waals surface area contributed by atoms with E-state index >= 15 is 0 Å². The number of hydrogen-bond acceptors (Lipinski definition) is 5. The molecule has 2 rings (SSSR count). The van der Waals surface area contributed by atoms with Crippen LogP contribution in [0.15, 0.2) is 29.5 Å². The highest BCUT2D eigenvalue weighted by Gasteiger charge is 2.16. The predicted molar refractivity (Wildman–Crippen MR) is 68.5 cm³/mol. The maximum Gasteiger partial charge on any atom is 0.387 e. The Morgan fingerprint density at radius 1 is 1.48 bits per heavy atom. The molecule has 1 aromatic carbocycles. The smallest absolute Gasteiger partial charge is 0.387 e. The van der Waals surface area contributed by atoms with E-state index < -0.39 is 12.6 Å². The van der Waals surface area contributed by atoms with Gasteiger partial charge in [0, 0.05) is 16.5 Å². The summed E-state index contributed by atoms with van der Waals surface area (Å²) in [5, 5.41) is 3.62. The first-order valence-corrected chi connectivity index (χ1v) is 5.57. The standard InChI is InChI=1S/C12H8F2N4O3/c1-20-11(19)8-5-16-9-3-2-6(21-12(13)14)4-7(9)10(8)17-18-15/h2-5,12H,1H3. The zero-order valence-electron chi connectivity index (χ0n) is 10.7. The second-order valence-electron chi connectivity index (χ2n) is 3.76. The van der Waals surface area contributed by atoms with Gasteiger partial charge < -0.3 is 9.47 Å². The fourth-order valence-electron chi connectivity index (χ4n) is 1.75. The monoisotopic (exact) mass is 294 g/mol. The number of carbonyl (C=O) groups excluding carboxylic acids is 1. The van der Waals surface area contributed by atoms with Gasteiger partial charge in [0.15, 0.2) is 0 Å². The molecule has 0 saturated heterocycles. The summed E-state index contributed by atoms with van der Waals surface area (Å²) in [5.41, 5.74) is 8.83. The van der Waals surface area contributed by atoms with E-state index in [-0.39, 0.29) is 22.4 Å². The molecule has 9 heteroatoms. The van der Waals surface area contributed by atoms with Gasteiger partial charge in [-0.05, 0) is 23.7 Å². The van der Waals surface area contributed by atoms with E-state index in [1.165, 1.54) is 24.4 Å². The first-order chi connectivity index (χ1) is 10.1. The van der Waals surface area contributed by atoms with Crippen molar-refractivity contribution in [3.63, 3.8) is 0 Å². The van der Waals surface area contributed by atoms with E-state index in [1.54, 1.807) is 0 Å². The van der Waals surface area contributed by atoms with Gasteiger partial charge in [0.1, 0.15) is 5.75 Å². The van der Waals surface area contributed by atoms with Gasteiger partial charge in [-0.1, -0.05) is 5.11 Å². The molecule has 0 fully saturated rings. The highest BCUT2D eigenvalue weighted by molar-refractivity contribution is 6.03. The predicted octanol–water partition coefficient (Wildman–Crippen LogP) is 3.56. The minimum absolute atomic E-state index is 0.0610. The molecule has 0 bridgehead atoms. The van der Waals surface area contributed by atoms with Gasteiger partial charge in [-0.15, -0.1) is 0 Å². The van der Waals surface area contributed by atoms with Crippen molar-refractivity contribution in [2.24, 2.45) is 5.11 Å². The molecule has 0 aliphatic heterocycles. The second-order valence-corrected chi connectivity index (χ2v) is 3.76. The summed E-state index contributed by atoms with van der Waals surface area (Å²) in [6, 6.07) is 3.91. The van der Waals surface area contributed by atoms with Crippen molar-refractivity contribution < 1.29 is 23.0 Å². The molecular weight excluding hydrogens is 286 g/mol. The number of azide groups is 1. The van der Waals surface area contributed by atoms with Crippen LogP contribution in [0.3, 0.4) is 0 Å². The first-order valence-electron chi connectivity index (χ1n) is 5.57. The van der Waals surface area contributed by atoms with Crippen molar-refractivity contribution in [3.8, 4) is 5.75 Å². The number of aromatic nitrogens is 1. The van der Waals surface area contributed by atoms with Crippen molar-refractivity contribution in [1.82, 2.24) is 4.98 Å². The zero-order chi connectivity index (χ0) is 15.4. The Kier molecular flexibility index (Phi) is 4.15. The van der Waals surface area contributed by atoms with Crippen LogP contribution in [-0.4, -0.2) is 24.7 Å². The number of hydrogen-bond donors (Lipinski definition) is 0. The van der Waals surface area contributed by atoms with Crippen LogP contribution in [0, 0.1) is 0 Å². The lowest BCUT2D eigenvalue weighted by atomic mass is 10.1. The highest BCUT2D eigenvalue weighted by Crippen LogP contribution is 2.32. The number of ether oxygens (including phenoxy) is 2. The molecule has 0 aliphatic carbocycles. The molecule has 2 aromatic rings. The minimum atomic E-state index is -3.00. The van der Waals surface area contributed by atoms with Gasteiger partial charge in [-0.2, -0.15) is 8.78 Å². The van der Waals surface area contributed by atoms with Crippen LogP contribution < -0.4 is 4.74 Å². The Morgan fingerprint density at radius 3 is 2.86 bits per heavy atom. The van der Waals surface area contributed by atoms with Crippen molar-refractivity contribution in [2.75, 3.05) is 7.11 Å². The highest BCUT2D eigenvalue weighted by atomic mass is 19.3.